The molecule has 0 aromatic heterocycles. The summed E-state index contributed by atoms with van der Waals surface area (Å²) in [5.41, 5.74) is 2.32. The number of hydrogen-bond acceptors (Lipinski definition) is 4. The minimum Gasteiger partial charge on any atom is -0.188 e. The predicted molar refractivity (Wildman–Crippen MR) is 16.2 cm³/mol. The van der Waals surface area contributed by atoms with Gasteiger partial charge in [-0.25, -0.2) is 0 Å². The van der Waals surface area contributed by atoms with Crippen molar-refractivity contribution in [1.29, 1.82) is 0 Å². The highest BCUT2D eigenvalue weighted by molar-refractivity contribution is 6.18. The van der Waals surface area contributed by atoms with Gasteiger partial charge in [0.2, 0.25) is 0 Å². The largest absolute Gasteiger partial charge is 0.377 e. The second kappa shape index (κ2) is 1.02. The summed E-state index contributed by atoms with van der Waals surface area (Å²) in [5.74, 6) is 0. The molecule has 0 spiro atoms. The molecule has 1 heterocycles. The summed E-state index contributed by atoms with van der Waals surface area (Å²) in [4.78, 5) is 0. The lowest BCUT2D eigenvalue weighted by atomic mass is 12.5. The number of rotatable bonds is 0. The first-order chi connectivity index (χ1) is 2.50. The fourth-order valence-electron chi connectivity index (χ4n) is 0.112. The van der Waals surface area contributed by atoms with Crippen LogP contribution in [0.2, 0.25) is 0 Å². The topological polar surface area (TPSA) is 49.1 Å². The van der Waals surface area contributed by atoms with Crippen molar-refractivity contribution >= 4 is 9.47 Å². The molecule has 1 N–H and O–H groups in total. The molecule has 1 radical (unpaired) electrons. The molecule has 0 aromatic carbocycles. The van der Waals surface area contributed by atoms with E-state index in [9.17, 15) is 0 Å². The molecule has 25 valence electrons. The average Bonchev–Trinajstić information content (AvgIpc) is 1.76. The minimum absolute atomic E-state index is 0.281. The van der Waals surface area contributed by atoms with Gasteiger partial charge in [-0.3, -0.25) is 0 Å². The highest BCUT2D eigenvalue weighted by Crippen LogP contribution is 1.69. The van der Waals surface area contributed by atoms with Gasteiger partial charge in [0.1, 0.15) is 0 Å². The first-order valence-corrected chi connectivity index (χ1v) is 1.99. The third-order valence-corrected chi connectivity index (χ3v) is 0.629. The van der Waals surface area contributed by atoms with E-state index in [0.717, 1.165) is 0 Å². The van der Waals surface area contributed by atoms with Crippen molar-refractivity contribution in [1.82, 2.24) is 5.53 Å². The Morgan fingerprint density at radius 2 is 2.60 bits per heavy atom. The van der Waals surface area contributed by atoms with Crippen LogP contribution in [-0.2, 0) is 0 Å². The van der Waals surface area contributed by atoms with E-state index < -0.39 is 0 Å². The molecule has 0 aliphatic carbocycles. The van der Waals surface area contributed by atoms with Crippen LogP contribution in [0.25, 0.3) is 0 Å². The molecule has 0 saturated heterocycles. The summed E-state index contributed by atoms with van der Waals surface area (Å²) in [6, 6.07) is 0. The summed E-state index contributed by atoms with van der Waals surface area (Å²) in [7, 11) is 0.281. The van der Waals surface area contributed by atoms with Gasteiger partial charge in [0.05, 0.1) is 0 Å². The van der Waals surface area contributed by atoms with E-state index in [2.05, 4.69) is 20.3 Å². The van der Waals surface area contributed by atoms with Crippen molar-refractivity contribution in [3.8, 4) is 0 Å². The van der Waals surface area contributed by atoms with Crippen molar-refractivity contribution in [2.75, 3.05) is 0 Å². The van der Waals surface area contributed by atoms with Crippen LogP contribution >= 0.6 is 0 Å². The third kappa shape index (κ3) is 0.352. The summed E-state index contributed by atoms with van der Waals surface area (Å²) < 4.78 is 6.99. The lowest BCUT2D eigenvalue weighted by Gasteiger charge is -1.66. The van der Waals surface area contributed by atoms with Crippen LogP contribution in [0.5, 0.6) is 0 Å². The predicted octanol–water partition coefficient (Wildman–Crippen LogP) is -0.325. The summed E-state index contributed by atoms with van der Waals surface area (Å²) in [6.07, 6.45) is 0. The van der Waals surface area contributed by atoms with Crippen LogP contribution in [0, 0.1) is 0 Å². The average molecular weight is 85.1 g/mol. The maximum atomic E-state index is 3.53. The van der Waals surface area contributed by atoms with Crippen molar-refractivity contribution in [3.63, 3.8) is 0 Å². The molecule has 0 amide bonds. The number of hydrogen-bond donors (Lipinski definition) is 1. The Kier molecular flexibility index (Phi) is 0.541. The van der Waals surface area contributed by atoms with Gasteiger partial charge in [-0.15, -0.1) is 0 Å². The minimum atomic E-state index is 0.281. The zero-order valence-corrected chi connectivity index (χ0v) is 3.34. The molecular formula is HN4Si. The first-order valence-electron chi connectivity index (χ1n) is 1.09. The van der Waals surface area contributed by atoms with Gasteiger partial charge in [-0.1, -0.05) is 5.22 Å². The Hall–Kier alpha value is -0.583. The van der Waals surface area contributed by atoms with E-state index in [1.165, 1.54) is 0 Å². The second-order valence-corrected chi connectivity index (χ2v) is 1.14. The molecule has 5 heavy (non-hydrogen) atoms. The van der Waals surface area contributed by atoms with Gasteiger partial charge < -0.3 is 0 Å². The molecule has 1 aliphatic rings. The lowest BCUT2D eigenvalue weighted by Crippen LogP contribution is -1.82. The summed E-state index contributed by atoms with van der Waals surface area (Å²) in [5, 5.41) is 3.30. The van der Waals surface area contributed by atoms with E-state index in [1.807, 2.05) is 0 Å². The fraction of sp³-hybridized carbons (Fsp3) is 0. The monoisotopic (exact) mass is 85.0 g/mol. The van der Waals surface area contributed by atoms with Gasteiger partial charge in [0.15, 0.2) is 0 Å². The molecule has 0 bridgehead atoms. The highest BCUT2D eigenvalue weighted by atomic mass is 28.2. The fourth-order valence-corrected chi connectivity index (χ4v) is 0.335. The number of nitrogens with one attached hydrogen (secondary N) is 1. The number of nitrogens with zero attached hydrogens (tertiary/aromatic N) is 3. The molecule has 0 aromatic rings. The lowest BCUT2D eigenvalue weighted by molar-refractivity contribution is 0.800. The van der Waals surface area contributed by atoms with Gasteiger partial charge in [0, 0.05) is 0 Å². The van der Waals surface area contributed by atoms with Gasteiger partial charge in [-0.05, 0) is 0 Å². The quantitative estimate of drug-likeness (QED) is 0.402. The molecule has 4 nitrogen and oxygen atoms in total. The normalized spacial score (nSPS) is 16.0. The summed E-state index contributed by atoms with van der Waals surface area (Å²) >= 11 is 0. The van der Waals surface area contributed by atoms with E-state index in [-0.39, 0.29) is 9.47 Å². The zero-order valence-electron chi connectivity index (χ0n) is 2.34. The van der Waals surface area contributed by atoms with Crippen LogP contribution in [-0.4, -0.2) is 9.47 Å². The van der Waals surface area contributed by atoms with Gasteiger partial charge in [0.25, 0.3) is 0 Å². The summed E-state index contributed by atoms with van der Waals surface area (Å²) in [6.45, 7) is 0. The molecule has 1 rings (SSSR count). The van der Waals surface area contributed by atoms with E-state index in [4.69, 9.17) is 0 Å². The van der Waals surface area contributed by atoms with E-state index in [1.54, 1.807) is 0 Å². The standard InChI is InChI=1S/HN4Si/c1-2-4-5-3-1/h(H,1,4). The van der Waals surface area contributed by atoms with Crippen LogP contribution in [0.15, 0.2) is 14.7 Å². The Morgan fingerprint density at radius 3 is 2.80 bits per heavy atom. The van der Waals surface area contributed by atoms with E-state index >= 15 is 0 Å². The van der Waals surface area contributed by atoms with Crippen molar-refractivity contribution in [3.05, 3.63) is 0 Å². The van der Waals surface area contributed by atoms with Crippen LogP contribution in [0.1, 0.15) is 0 Å². The van der Waals surface area contributed by atoms with Crippen molar-refractivity contribution in [2.24, 2.45) is 14.7 Å². The van der Waals surface area contributed by atoms with Crippen molar-refractivity contribution < 1.29 is 0 Å². The molecule has 0 fully saturated rings. The Balaban J connectivity index is 2.61. The van der Waals surface area contributed by atoms with Crippen LogP contribution in [0.4, 0.5) is 0 Å². The molecular weight excluding hydrogens is 84.1 g/mol. The molecule has 0 unspecified atom stereocenters. The van der Waals surface area contributed by atoms with Crippen molar-refractivity contribution in [2.45, 2.75) is 0 Å². The first kappa shape index (κ1) is 2.64. The molecule has 0 atom stereocenters. The van der Waals surface area contributed by atoms with Crippen LogP contribution < -0.4 is 5.53 Å². The molecule has 0 saturated carbocycles. The van der Waals surface area contributed by atoms with Crippen LogP contribution in [0.3, 0.4) is 0 Å². The zero-order chi connectivity index (χ0) is 3.54. The molecule has 5 heteroatoms. The maximum absolute atomic E-state index is 3.53. The van der Waals surface area contributed by atoms with E-state index in [0.29, 0.717) is 0 Å². The van der Waals surface area contributed by atoms with Gasteiger partial charge >= 0.3 is 9.47 Å². The Bertz CT molecular complexity index is 61.7. The third-order valence-electron chi connectivity index (χ3n) is 0.239. The maximum Gasteiger partial charge on any atom is 0.377 e. The Labute approximate surface area is 30.9 Å². The SMILES string of the molecule is N1=N[Si]=NN1. The van der Waals surface area contributed by atoms with Gasteiger partial charge in [-0.2, -0.15) is 15.1 Å². The smallest absolute Gasteiger partial charge is 0.188 e. The highest BCUT2D eigenvalue weighted by Gasteiger charge is 1.74. The second-order valence-electron chi connectivity index (χ2n) is 0.512. The Morgan fingerprint density at radius 1 is 1.60 bits per heavy atom. The molecule has 1 aliphatic heterocycles.